The van der Waals surface area contributed by atoms with Crippen LogP contribution in [0.2, 0.25) is 0 Å². The third-order valence-electron chi connectivity index (χ3n) is 3.31. The molecule has 0 spiro atoms. The summed E-state index contributed by atoms with van der Waals surface area (Å²) in [6.07, 6.45) is 2.22. The summed E-state index contributed by atoms with van der Waals surface area (Å²) in [4.78, 5) is 0. The molecule has 1 N–H and O–H groups in total. The predicted molar refractivity (Wildman–Crippen MR) is 78.6 cm³/mol. The summed E-state index contributed by atoms with van der Waals surface area (Å²) in [7, 11) is 0. The third-order valence-corrected chi connectivity index (χ3v) is 5.02. The van der Waals surface area contributed by atoms with Crippen molar-refractivity contribution in [3.63, 3.8) is 0 Å². The van der Waals surface area contributed by atoms with E-state index in [0.29, 0.717) is 6.04 Å². The van der Waals surface area contributed by atoms with Gasteiger partial charge < -0.3 is 9.73 Å². The maximum Gasteiger partial charge on any atom is 0.183 e. The molecule has 1 heterocycles. The first-order chi connectivity index (χ1) is 8.72. The molecule has 18 heavy (non-hydrogen) atoms. The zero-order chi connectivity index (χ0) is 12.5. The average Bonchev–Trinajstić information content (AvgIpc) is 2.91. The molecule has 0 saturated heterocycles. The topological polar surface area (TPSA) is 25.2 Å². The monoisotopic (exact) mass is 369 g/mol. The van der Waals surface area contributed by atoms with Gasteiger partial charge in [0.25, 0.3) is 0 Å². The summed E-state index contributed by atoms with van der Waals surface area (Å²) in [6.45, 7) is 0.767. The maximum atomic E-state index is 5.56. The van der Waals surface area contributed by atoms with Crippen LogP contribution in [0, 0.1) is 0 Å². The maximum absolute atomic E-state index is 5.56. The Morgan fingerprint density at radius 2 is 1.83 bits per heavy atom. The van der Waals surface area contributed by atoms with Crippen LogP contribution in [0.4, 0.5) is 0 Å². The fourth-order valence-electron chi connectivity index (χ4n) is 2.43. The SMILES string of the molecule is Brc1cc(CNC2Cc3ccccc3C2)oc1Br. The molecule has 94 valence electrons. The van der Waals surface area contributed by atoms with E-state index in [2.05, 4.69) is 61.4 Å². The van der Waals surface area contributed by atoms with Crippen molar-refractivity contribution in [3.8, 4) is 0 Å². The van der Waals surface area contributed by atoms with Crippen molar-refractivity contribution in [2.45, 2.75) is 25.4 Å². The summed E-state index contributed by atoms with van der Waals surface area (Å²) in [5.41, 5.74) is 2.94. The first kappa shape index (κ1) is 12.5. The molecule has 0 atom stereocenters. The zero-order valence-corrected chi connectivity index (χ0v) is 12.9. The number of furan rings is 1. The molecule has 1 aromatic carbocycles. The Morgan fingerprint density at radius 1 is 1.17 bits per heavy atom. The Balaban J connectivity index is 1.60. The second kappa shape index (κ2) is 5.19. The molecule has 0 fully saturated rings. The third kappa shape index (κ3) is 2.56. The van der Waals surface area contributed by atoms with Gasteiger partial charge in [-0.1, -0.05) is 24.3 Å². The van der Waals surface area contributed by atoms with Crippen molar-refractivity contribution in [2.24, 2.45) is 0 Å². The second-order valence-electron chi connectivity index (χ2n) is 4.59. The van der Waals surface area contributed by atoms with Crippen molar-refractivity contribution in [2.75, 3.05) is 0 Å². The highest BCUT2D eigenvalue weighted by molar-refractivity contribution is 9.13. The van der Waals surface area contributed by atoms with Gasteiger partial charge in [0.15, 0.2) is 4.67 Å². The van der Waals surface area contributed by atoms with E-state index in [4.69, 9.17) is 4.42 Å². The van der Waals surface area contributed by atoms with Gasteiger partial charge >= 0.3 is 0 Å². The molecule has 1 aromatic heterocycles. The van der Waals surface area contributed by atoms with Gasteiger partial charge in [-0.25, -0.2) is 0 Å². The highest BCUT2D eigenvalue weighted by atomic mass is 79.9. The number of halogens is 2. The molecule has 0 aliphatic heterocycles. The number of hydrogen-bond donors (Lipinski definition) is 1. The highest BCUT2D eigenvalue weighted by Crippen LogP contribution is 2.27. The fraction of sp³-hybridized carbons (Fsp3) is 0.286. The van der Waals surface area contributed by atoms with E-state index in [1.54, 1.807) is 0 Å². The molecular formula is C14H13Br2NO. The molecular weight excluding hydrogens is 358 g/mol. The second-order valence-corrected chi connectivity index (χ2v) is 6.16. The number of fused-ring (bicyclic) bond motifs is 1. The van der Waals surface area contributed by atoms with Crippen molar-refractivity contribution < 1.29 is 4.42 Å². The molecule has 0 amide bonds. The Kier molecular flexibility index (Phi) is 3.59. The number of rotatable bonds is 3. The quantitative estimate of drug-likeness (QED) is 0.881. The molecule has 3 rings (SSSR count). The minimum atomic E-state index is 0.519. The fourth-order valence-corrected chi connectivity index (χ4v) is 3.09. The normalized spacial score (nSPS) is 15.0. The molecule has 4 heteroatoms. The summed E-state index contributed by atoms with van der Waals surface area (Å²) >= 11 is 6.78. The highest BCUT2D eigenvalue weighted by Gasteiger charge is 2.20. The van der Waals surface area contributed by atoms with Crippen LogP contribution in [-0.4, -0.2) is 6.04 Å². The first-order valence-electron chi connectivity index (χ1n) is 5.96. The molecule has 0 bridgehead atoms. The smallest absolute Gasteiger partial charge is 0.183 e. The van der Waals surface area contributed by atoms with E-state index in [1.165, 1.54) is 11.1 Å². The van der Waals surface area contributed by atoms with Crippen LogP contribution in [0.1, 0.15) is 16.9 Å². The Bertz CT molecular complexity index is 520. The van der Waals surface area contributed by atoms with Gasteiger partial charge in [-0.15, -0.1) is 0 Å². The molecule has 2 nitrogen and oxygen atoms in total. The minimum Gasteiger partial charge on any atom is -0.452 e. The molecule has 0 unspecified atom stereocenters. The minimum absolute atomic E-state index is 0.519. The van der Waals surface area contributed by atoms with Crippen LogP contribution >= 0.6 is 31.9 Å². The van der Waals surface area contributed by atoms with Crippen LogP contribution in [0.3, 0.4) is 0 Å². The molecule has 1 aliphatic rings. The van der Waals surface area contributed by atoms with Gasteiger partial charge in [0.05, 0.1) is 11.0 Å². The Labute approximate surface area is 123 Å². The van der Waals surface area contributed by atoms with Crippen LogP contribution < -0.4 is 5.32 Å². The number of hydrogen-bond acceptors (Lipinski definition) is 2. The van der Waals surface area contributed by atoms with E-state index in [1.807, 2.05) is 6.07 Å². The van der Waals surface area contributed by atoms with Crippen molar-refractivity contribution in [1.82, 2.24) is 5.32 Å². The van der Waals surface area contributed by atoms with Crippen LogP contribution in [-0.2, 0) is 19.4 Å². The number of benzene rings is 1. The summed E-state index contributed by atoms with van der Waals surface area (Å²) in [5, 5.41) is 3.55. The standard InChI is InChI=1S/C14H13Br2NO/c15-13-7-12(18-14(13)16)8-17-11-5-9-3-1-2-4-10(9)6-11/h1-4,7,11,17H,5-6,8H2. The van der Waals surface area contributed by atoms with Gasteiger partial charge in [-0.2, -0.15) is 0 Å². The zero-order valence-electron chi connectivity index (χ0n) is 9.75. The van der Waals surface area contributed by atoms with Gasteiger partial charge in [-0.05, 0) is 61.9 Å². The average molecular weight is 371 g/mol. The Morgan fingerprint density at radius 3 is 2.39 bits per heavy atom. The van der Waals surface area contributed by atoms with Gasteiger partial charge in [0.1, 0.15) is 5.76 Å². The van der Waals surface area contributed by atoms with Crippen LogP contribution in [0.5, 0.6) is 0 Å². The lowest BCUT2D eigenvalue weighted by Crippen LogP contribution is -2.28. The summed E-state index contributed by atoms with van der Waals surface area (Å²) in [6, 6.07) is 11.2. The van der Waals surface area contributed by atoms with E-state index < -0.39 is 0 Å². The number of nitrogens with one attached hydrogen (secondary N) is 1. The molecule has 1 aliphatic carbocycles. The van der Waals surface area contributed by atoms with Gasteiger partial charge in [-0.3, -0.25) is 0 Å². The van der Waals surface area contributed by atoms with Crippen LogP contribution in [0.25, 0.3) is 0 Å². The van der Waals surface area contributed by atoms with Crippen molar-refractivity contribution >= 4 is 31.9 Å². The molecule has 2 aromatic rings. The lowest BCUT2D eigenvalue weighted by atomic mass is 10.1. The van der Waals surface area contributed by atoms with Crippen molar-refractivity contribution in [3.05, 3.63) is 56.4 Å². The molecule has 0 radical (unpaired) electrons. The van der Waals surface area contributed by atoms with Gasteiger partial charge in [0, 0.05) is 6.04 Å². The van der Waals surface area contributed by atoms with E-state index in [9.17, 15) is 0 Å². The Hall–Kier alpha value is -0.580. The lowest BCUT2D eigenvalue weighted by molar-refractivity contribution is 0.437. The summed E-state index contributed by atoms with van der Waals surface area (Å²) in [5.74, 6) is 0.949. The van der Waals surface area contributed by atoms with Crippen molar-refractivity contribution in [1.29, 1.82) is 0 Å². The van der Waals surface area contributed by atoms with E-state index in [0.717, 1.165) is 34.3 Å². The van der Waals surface area contributed by atoms with E-state index in [-0.39, 0.29) is 0 Å². The van der Waals surface area contributed by atoms with Crippen LogP contribution in [0.15, 0.2) is 43.9 Å². The largest absolute Gasteiger partial charge is 0.452 e. The first-order valence-corrected chi connectivity index (χ1v) is 7.55. The lowest BCUT2D eigenvalue weighted by Gasteiger charge is -2.09. The predicted octanol–water partition coefficient (Wildman–Crippen LogP) is 4.06. The van der Waals surface area contributed by atoms with Gasteiger partial charge in [0.2, 0.25) is 0 Å². The summed E-state index contributed by atoms with van der Waals surface area (Å²) < 4.78 is 7.28. The van der Waals surface area contributed by atoms with E-state index >= 15 is 0 Å². The molecule has 0 saturated carbocycles.